The molecule has 0 aliphatic heterocycles. The van der Waals surface area contributed by atoms with Crippen molar-refractivity contribution in [3.63, 3.8) is 0 Å². The van der Waals surface area contributed by atoms with Crippen molar-refractivity contribution in [2.75, 3.05) is 13.6 Å². The van der Waals surface area contributed by atoms with Gasteiger partial charge in [-0.1, -0.05) is 29.8 Å². The third-order valence-corrected chi connectivity index (χ3v) is 3.16. The van der Waals surface area contributed by atoms with Crippen LogP contribution in [0.5, 0.6) is 0 Å². The summed E-state index contributed by atoms with van der Waals surface area (Å²) in [5.74, 6) is -1.01. The van der Waals surface area contributed by atoms with Gasteiger partial charge in [-0.25, -0.2) is 4.79 Å². The fourth-order valence-corrected chi connectivity index (χ4v) is 2.09. The molecule has 0 saturated carbocycles. The van der Waals surface area contributed by atoms with Crippen LogP contribution in [0.1, 0.15) is 31.9 Å². The van der Waals surface area contributed by atoms with Crippen molar-refractivity contribution in [2.45, 2.75) is 39.8 Å². The van der Waals surface area contributed by atoms with Crippen LogP contribution >= 0.6 is 0 Å². The van der Waals surface area contributed by atoms with E-state index in [4.69, 9.17) is 5.11 Å². The van der Waals surface area contributed by atoms with Crippen molar-refractivity contribution in [3.05, 3.63) is 35.4 Å². The molecular weight excluding hydrogens is 268 g/mol. The van der Waals surface area contributed by atoms with Crippen molar-refractivity contribution < 1.29 is 14.7 Å². The molecule has 21 heavy (non-hydrogen) atoms. The summed E-state index contributed by atoms with van der Waals surface area (Å²) in [4.78, 5) is 26.4. The Morgan fingerprint density at radius 2 is 1.86 bits per heavy atom. The van der Waals surface area contributed by atoms with Crippen LogP contribution in [0.2, 0.25) is 0 Å². The van der Waals surface area contributed by atoms with Gasteiger partial charge in [0.15, 0.2) is 0 Å². The van der Waals surface area contributed by atoms with Crippen LogP contribution in [0.15, 0.2) is 24.3 Å². The van der Waals surface area contributed by atoms with Crippen molar-refractivity contribution in [1.29, 1.82) is 0 Å². The summed E-state index contributed by atoms with van der Waals surface area (Å²) < 4.78 is 0. The number of benzene rings is 1. The highest BCUT2D eigenvalue weighted by Gasteiger charge is 2.30. The third kappa shape index (κ3) is 5.10. The van der Waals surface area contributed by atoms with Crippen molar-refractivity contribution in [1.82, 2.24) is 9.80 Å². The normalized spacial score (nSPS) is 11.1. The zero-order valence-corrected chi connectivity index (χ0v) is 13.4. The zero-order valence-electron chi connectivity index (χ0n) is 13.4. The molecule has 0 heterocycles. The Labute approximate surface area is 126 Å². The minimum Gasteiger partial charge on any atom is -0.480 e. The predicted octanol–water partition coefficient (Wildman–Crippen LogP) is 2.73. The number of urea groups is 1. The Balaban J connectivity index is 2.85. The van der Waals surface area contributed by atoms with Gasteiger partial charge >= 0.3 is 12.0 Å². The number of rotatable bonds is 4. The molecule has 1 N–H and O–H groups in total. The van der Waals surface area contributed by atoms with E-state index >= 15 is 0 Å². The summed E-state index contributed by atoms with van der Waals surface area (Å²) in [6.07, 6.45) is 0. The summed E-state index contributed by atoms with van der Waals surface area (Å²) in [7, 11) is 1.69. The molecule has 0 atom stereocenters. The number of carboxylic acid groups (broad SMARTS) is 1. The van der Waals surface area contributed by atoms with Crippen LogP contribution < -0.4 is 0 Å². The number of aliphatic carboxylic acids is 1. The number of carboxylic acids is 1. The number of carbonyl (C=O) groups excluding carboxylic acids is 1. The molecule has 0 aromatic heterocycles. The van der Waals surface area contributed by atoms with Crippen LogP contribution in [0.4, 0.5) is 4.79 Å². The summed E-state index contributed by atoms with van der Waals surface area (Å²) >= 11 is 0. The monoisotopic (exact) mass is 292 g/mol. The lowest BCUT2D eigenvalue weighted by Crippen LogP contribution is -2.52. The van der Waals surface area contributed by atoms with Crippen LogP contribution in [-0.4, -0.2) is 46.0 Å². The topological polar surface area (TPSA) is 60.9 Å². The molecule has 5 nitrogen and oxygen atoms in total. The van der Waals surface area contributed by atoms with Gasteiger partial charge in [-0.15, -0.1) is 0 Å². The van der Waals surface area contributed by atoms with Gasteiger partial charge in [-0.3, -0.25) is 4.79 Å². The Bertz CT molecular complexity index is 520. The second-order valence-corrected chi connectivity index (χ2v) is 6.28. The maximum atomic E-state index is 12.5. The van der Waals surface area contributed by atoms with Crippen molar-refractivity contribution >= 4 is 12.0 Å². The van der Waals surface area contributed by atoms with Gasteiger partial charge in [0.25, 0.3) is 0 Å². The van der Waals surface area contributed by atoms with Crippen molar-refractivity contribution in [3.8, 4) is 0 Å². The summed E-state index contributed by atoms with van der Waals surface area (Å²) in [6.45, 7) is 7.63. The van der Waals surface area contributed by atoms with E-state index in [2.05, 4.69) is 0 Å². The summed E-state index contributed by atoms with van der Waals surface area (Å²) in [5.41, 5.74) is 1.61. The van der Waals surface area contributed by atoms with Gasteiger partial charge in [0.2, 0.25) is 0 Å². The lowest BCUT2D eigenvalue weighted by Gasteiger charge is -2.37. The SMILES string of the molecule is Cc1cccc(CN(C)C(=O)N(CC(=O)O)C(C)(C)C)c1. The molecule has 1 aromatic rings. The highest BCUT2D eigenvalue weighted by molar-refractivity contribution is 5.80. The Hall–Kier alpha value is -2.04. The van der Waals surface area contributed by atoms with E-state index in [-0.39, 0.29) is 12.6 Å². The van der Waals surface area contributed by atoms with Crippen LogP contribution in [-0.2, 0) is 11.3 Å². The number of amides is 2. The molecule has 0 radical (unpaired) electrons. The number of carbonyl (C=O) groups is 2. The molecule has 116 valence electrons. The van der Waals surface area contributed by atoms with E-state index in [1.165, 1.54) is 4.90 Å². The third-order valence-electron chi connectivity index (χ3n) is 3.16. The summed E-state index contributed by atoms with van der Waals surface area (Å²) in [5, 5.41) is 8.99. The van der Waals surface area contributed by atoms with E-state index in [0.29, 0.717) is 6.54 Å². The number of hydrogen-bond donors (Lipinski definition) is 1. The molecular formula is C16H24N2O3. The Morgan fingerprint density at radius 3 is 2.33 bits per heavy atom. The molecule has 0 aliphatic rings. The van der Waals surface area contributed by atoms with Crippen LogP contribution in [0.25, 0.3) is 0 Å². The Kier molecular flexibility index (Phi) is 5.35. The van der Waals surface area contributed by atoms with Crippen LogP contribution in [0.3, 0.4) is 0 Å². The van der Waals surface area contributed by atoms with E-state index in [0.717, 1.165) is 11.1 Å². The average molecular weight is 292 g/mol. The molecule has 0 aliphatic carbocycles. The first-order chi connectivity index (χ1) is 9.61. The van der Waals surface area contributed by atoms with Gasteiger partial charge < -0.3 is 14.9 Å². The van der Waals surface area contributed by atoms with Crippen molar-refractivity contribution in [2.24, 2.45) is 0 Å². The molecule has 2 amide bonds. The van der Waals surface area contributed by atoms with Gasteiger partial charge in [0.1, 0.15) is 6.54 Å². The maximum Gasteiger partial charge on any atom is 0.323 e. The van der Waals surface area contributed by atoms with Crippen LogP contribution in [0, 0.1) is 6.92 Å². The van der Waals surface area contributed by atoms with Gasteiger partial charge in [-0.05, 0) is 33.3 Å². The summed E-state index contributed by atoms with van der Waals surface area (Å²) in [6, 6.07) is 7.63. The number of nitrogens with zero attached hydrogens (tertiary/aromatic N) is 2. The Morgan fingerprint density at radius 1 is 1.24 bits per heavy atom. The smallest absolute Gasteiger partial charge is 0.323 e. The van der Waals surface area contributed by atoms with E-state index in [1.807, 2.05) is 52.0 Å². The molecule has 0 saturated heterocycles. The lowest BCUT2D eigenvalue weighted by molar-refractivity contribution is -0.138. The standard InChI is InChI=1S/C16H24N2O3/c1-12-7-6-8-13(9-12)10-17(5)15(21)18(11-14(19)20)16(2,3)4/h6-9H,10-11H2,1-5H3,(H,19,20). The number of aryl methyl sites for hydroxylation is 1. The molecule has 0 bridgehead atoms. The molecule has 0 fully saturated rings. The fraction of sp³-hybridized carbons (Fsp3) is 0.500. The lowest BCUT2D eigenvalue weighted by atomic mass is 10.1. The highest BCUT2D eigenvalue weighted by Crippen LogP contribution is 2.16. The van der Waals surface area contributed by atoms with E-state index < -0.39 is 11.5 Å². The minimum atomic E-state index is -1.01. The van der Waals surface area contributed by atoms with Gasteiger partial charge in [-0.2, -0.15) is 0 Å². The largest absolute Gasteiger partial charge is 0.480 e. The van der Waals surface area contributed by atoms with E-state index in [9.17, 15) is 9.59 Å². The minimum absolute atomic E-state index is 0.286. The predicted molar refractivity (Wildman–Crippen MR) is 82.1 cm³/mol. The number of hydrogen-bond acceptors (Lipinski definition) is 2. The molecule has 0 spiro atoms. The molecule has 5 heteroatoms. The average Bonchev–Trinajstić information content (AvgIpc) is 2.33. The first-order valence-electron chi connectivity index (χ1n) is 6.91. The first-order valence-corrected chi connectivity index (χ1v) is 6.91. The van der Waals surface area contributed by atoms with E-state index in [1.54, 1.807) is 11.9 Å². The molecule has 0 unspecified atom stereocenters. The second-order valence-electron chi connectivity index (χ2n) is 6.28. The quantitative estimate of drug-likeness (QED) is 0.928. The zero-order chi connectivity index (χ0) is 16.2. The van der Waals surface area contributed by atoms with Gasteiger partial charge in [0.05, 0.1) is 0 Å². The highest BCUT2D eigenvalue weighted by atomic mass is 16.4. The molecule has 1 rings (SSSR count). The first kappa shape index (κ1) is 17.0. The molecule has 1 aromatic carbocycles. The fourth-order valence-electron chi connectivity index (χ4n) is 2.09. The second kappa shape index (κ2) is 6.61. The van der Waals surface area contributed by atoms with Gasteiger partial charge in [0, 0.05) is 19.1 Å². The maximum absolute atomic E-state index is 12.5.